The van der Waals surface area contributed by atoms with E-state index in [9.17, 15) is 0 Å². The zero-order valence-corrected chi connectivity index (χ0v) is 14.3. The maximum Gasteiger partial charge on any atom is 0.0645 e. The predicted octanol–water partition coefficient (Wildman–Crippen LogP) is 7.10. The highest BCUT2D eigenvalue weighted by Gasteiger charge is 2.12. The van der Waals surface area contributed by atoms with Crippen LogP contribution in [0.2, 0.25) is 5.02 Å². The Bertz CT molecular complexity index is 1580. The number of rotatable bonds is 2. The molecule has 26 heavy (non-hydrogen) atoms. The van der Waals surface area contributed by atoms with Crippen molar-refractivity contribution in [1.29, 1.82) is 0 Å². The van der Waals surface area contributed by atoms with E-state index >= 15 is 0 Å². The lowest BCUT2D eigenvalue weighted by atomic mass is 10.0. The number of halogens is 1. The van der Waals surface area contributed by atoms with Crippen LogP contribution in [-0.4, -0.2) is 4.57 Å². The standard InChI is InChI=1S/C24H16ClN/c25-19-13-10-17(11-14-19)18-12-15-24-22(16-18)21-8-4-5-9-23(21)26(24)20-6-2-1-3-7-20/h1-16H/i4D,5D,8D,9D,12D,15D,16D. The maximum atomic E-state index is 9.02. The Morgan fingerprint density at radius 1 is 0.692 bits per heavy atom. The molecule has 1 aromatic heterocycles. The number of fused-ring (bicyclic) bond motifs is 3. The normalized spacial score (nSPS) is 15.0. The fourth-order valence-corrected chi connectivity index (χ4v) is 3.24. The molecule has 1 heterocycles. The lowest BCUT2D eigenvalue weighted by molar-refractivity contribution is 1.18. The largest absolute Gasteiger partial charge is 0.309 e. The van der Waals surface area contributed by atoms with E-state index in [1.807, 2.05) is 6.07 Å². The Kier molecular flexibility index (Phi) is 2.23. The van der Waals surface area contributed by atoms with Crippen LogP contribution in [0.5, 0.6) is 0 Å². The van der Waals surface area contributed by atoms with Gasteiger partial charge in [-0.25, -0.2) is 0 Å². The van der Waals surface area contributed by atoms with Gasteiger partial charge in [-0.1, -0.05) is 66.1 Å². The molecule has 5 rings (SSSR count). The Morgan fingerprint density at radius 3 is 2.23 bits per heavy atom. The van der Waals surface area contributed by atoms with Crippen molar-refractivity contribution in [3.05, 3.63) is 102 Å². The van der Waals surface area contributed by atoms with Crippen LogP contribution in [0.4, 0.5) is 0 Å². The Hall–Kier alpha value is -3.03. The minimum absolute atomic E-state index is 0.0713. The number of para-hydroxylation sites is 2. The van der Waals surface area contributed by atoms with Gasteiger partial charge in [0, 0.05) is 21.5 Å². The zero-order valence-electron chi connectivity index (χ0n) is 20.5. The summed E-state index contributed by atoms with van der Waals surface area (Å²) in [7, 11) is 0. The van der Waals surface area contributed by atoms with Crippen molar-refractivity contribution in [3.63, 3.8) is 0 Å². The molecule has 1 nitrogen and oxygen atoms in total. The van der Waals surface area contributed by atoms with Gasteiger partial charge >= 0.3 is 0 Å². The molecule has 0 spiro atoms. The first-order valence-corrected chi connectivity index (χ1v) is 8.47. The minimum atomic E-state index is -0.409. The van der Waals surface area contributed by atoms with Crippen LogP contribution in [0.1, 0.15) is 9.60 Å². The maximum absolute atomic E-state index is 9.02. The van der Waals surface area contributed by atoms with Gasteiger partial charge in [-0.15, -0.1) is 0 Å². The summed E-state index contributed by atoms with van der Waals surface area (Å²) in [6.45, 7) is 0. The fourth-order valence-electron chi connectivity index (χ4n) is 3.11. The molecule has 0 aliphatic carbocycles. The van der Waals surface area contributed by atoms with Gasteiger partial charge in [0.1, 0.15) is 0 Å². The minimum Gasteiger partial charge on any atom is -0.309 e. The summed E-state index contributed by atoms with van der Waals surface area (Å²) in [6, 6.07) is 13.8. The average Bonchev–Trinajstić information content (AvgIpc) is 3.18. The highest BCUT2D eigenvalue weighted by Crippen LogP contribution is 2.34. The Labute approximate surface area is 166 Å². The average molecular weight is 361 g/mol. The first-order valence-electron chi connectivity index (χ1n) is 11.6. The van der Waals surface area contributed by atoms with Crippen molar-refractivity contribution in [1.82, 2.24) is 4.57 Å². The summed E-state index contributed by atoms with van der Waals surface area (Å²) >= 11 is 6.01. The lowest BCUT2D eigenvalue weighted by Gasteiger charge is -2.08. The van der Waals surface area contributed by atoms with Crippen molar-refractivity contribution in [2.45, 2.75) is 0 Å². The molecular weight excluding hydrogens is 338 g/mol. The number of aromatic nitrogens is 1. The van der Waals surface area contributed by atoms with E-state index in [1.54, 1.807) is 53.1 Å². The van der Waals surface area contributed by atoms with Gasteiger partial charge in [-0.3, -0.25) is 0 Å². The number of benzene rings is 4. The quantitative estimate of drug-likeness (QED) is 0.316. The summed E-state index contributed by atoms with van der Waals surface area (Å²) in [5, 5.41) is 0.874. The van der Waals surface area contributed by atoms with Crippen molar-refractivity contribution >= 4 is 33.4 Å². The molecule has 0 saturated heterocycles. The third kappa shape index (κ3) is 2.40. The van der Waals surface area contributed by atoms with E-state index < -0.39 is 12.1 Å². The first kappa shape index (κ1) is 9.61. The van der Waals surface area contributed by atoms with Crippen LogP contribution >= 0.6 is 11.6 Å². The van der Waals surface area contributed by atoms with Crippen LogP contribution in [0.3, 0.4) is 0 Å². The van der Waals surface area contributed by atoms with Crippen molar-refractivity contribution in [3.8, 4) is 16.8 Å². The second kappa shape index (κ2) is 6.05. The summed E-state index contributed by atoms with van der Waals surface area (Å²) in [4.78, 5) is 0. The summed E-state index contributed by atoms with van der Waals surface area (Å²) in [6.07, 6.45) is 0. The monoisotopic (exact) mass is 360 g/mol. The van der Waals surface area contributed by atoms with Gasteiger partial charge in [0.2, 0.25) is 0 Å². The summed E-state index contributed by atoms with van der Waals surface area (Å²) in [5.74, 6) is 0. The SMILES string of the molecule is [2H]c1c([2H])c([2H])c2c(c1[2H])c1c([2H])c(-c3ccc(Cl)cc3)c([2H])c([2H])c1n2-c1ccccc1. The van der Waals surface area contributed by atoms with E-state index in [4.69, 9.17) is 21.2 Å². The third-order valence-electron chi connectivity index (χ3n) is 4.30. The topological polar surface area (TPSA) is 4.93 Å². The number of hydrogen-bond donors (Lipinski definition) is 0. The predicted molar refractivity (Wildman–Crippen MR) is 111 cm³/mol. The Morgan fingerprint density at radius 2 is 1.42 bits per heavy atom. The summed E-state index contributed by atoms with van der Waals surface area (Å²) in [5.41, 5.74) is 1.71. The zero-order chi connectivity index (χ0) is 23.6. The molecular formula is C24H16ClN. The van der Waals surface area contributed by atoms with Crippen molar-refractivity contribution in [2.24, 2.45) is 0 Å². The van der Waals surface area contributed by atoms with Crippen LogP contribution in [-0.2, 0) is 0 Å². The van der Waals surface area contributed by atoms with Crippen LogP contribution < -0.4 is 0 Å². The van der Waals surface area contributed by atoms with Gasteiger partial charge in [0.05, 0.1) is 20.6 Å². The molecule has 0 radical (unpaired) electrons. The molecule has 0 unspecified atom stereocenters. The van der Waals surface area contributed by atoms with Gasteiger partial charge in [0.25, 0.3) is 0 Å². The van der Waals surface area contributed by atoms with Gasteiger partial charge < -0.3 is 4.57 Å². The van der Waals surface area contributed by atoms with Gasteiger partial charge in [-0.2, -0.15) is 0 Å². The molecule has 2 heteroatoms. The van der Waals surface area contributed by atoms with E-state index in [2.05, 4.69) is 0 Å². The highest BCUT2D eigenvalue weighted by molar-refractivity contribution is 6.30. The van der Waals surface area contributed by atoms with Crippen molar-refractivity contribution in [2.75, 3.05) is 0 Å². The third-order valence-corrected chi connectivity index (χ3v) is 4.56. The molecule has 0 N–H and O–H groups in total. The highest BCUT2D eigenvalue weighted by atomic mass is 35.5. The molecule has 0 bridgehead atoms. The van der Waals surface area contributed by atoms with Crippen molar-refractivity contribution < 1.29 is 9.60 Å². The van der Waals surface area contributed by atoms with E-state index in [0.29, 0.717) is 16.3 Å². The van der Waals surface area contributed by atoms with Gasteiger partial charge in [-0.05, 0) is 53.5 Å². The van der Waals surface area contributed by atoms with Crippen LogP contribution in [0, 0.1) is 0 Å². The molecule has 0 amide bonds. The van der Waals surface area contributed by atoms with Crippen LogP contribution in [0.25, 0.3) is 38.6 Å². The molecule has 0 aliphatic heterocycles. The van der Waals surface area contributed by atoms with E-state index in [1.165, 1.54) is 0 Å². The first-order chi connectivity index (χ1) is 15.7. The van der Waals surface area contributed by atoms with Crippen LogP contribution in [0.15, 0.2) is 96.9 Å². The second-order valence-corrected chi connectivity index (χ2v) is 6.31. The lowest BCUT2D eigenvalue weighted by Crippen LogP contribution is -1.92. The Balaban J connectivity index is 2.09. The molecule has 0 saturated carbocycles. The summed E-state index contributed by atoms with van der Waals surface area (Å²) < 4.78 is 61.7. The van der Waals surface area contributed by atoms with E-state index in [0.717, 1.165) is 0 Å². The van der Waals surface area contributed by atoms with Gasteiger partial charge in [0.15, 0.2) is 0 Å². The molecule has 0 fully saturated rings. The molecule has 124 valence electrons. The molecule has 5 aromatic rings. The second-order valence-electron chi connectivity index (χ2n) is 5.88. The van der Waals surface area contributed by atoms with E-state index in [-0.39, 0.29) is 57.6 Å². The number of nitrogens with zero attached hydrogens (tertiary/aromatic N) is 1. The fraction of sp³-hybridized carbons (Fsp3) is 0. The molecule has 0 aliphatic rings. The molecule has 4 aromatic carbocycles. The molecule has 0 atom stereocenters. The smallest absolute Gasteiger partial charge is 0.0645 e. The number of hydrogen-bond acceptors (Lipinski definition) is 0.